The Bertz CT molecular complexity index is 1720. The largest absolute Gasteiger partial charge is 0.322 e. The average Bonchev–Trinajstić information content (AvgIpc) is 3.10. The summed E-state index contributed by atoms with van der Waals surface area (Å²) in [5.74, 6) is -0.999. The second-order valence-corrected chi connectivity index (χ2v) is 12.0. The van der Waals surface area contributed by atoms with Crippen molar-refractivity contribution in [2.75, 3.05) is 10.6 Å². The highest BCUT2D eigenvalue weighted by molar-refractivity contribution is 6.31. The Morgan fingerprint density at radius 1 is 0.531 bits per heavy atom. The number of benzene rings is 4. The molecule has 12 heteroatoms. The van der Waals surface area contributed by atoms with E-state index in [9.17, 15) is 19.2 Å². The highest BCUT2D eigenvalue weighted by Gasteiger charge is 2.10. The highest BCUT2D eigenvalue weighted by Crippen LogP contribution is 2.17. The molecule has 0 saturated heterocycles. The molecule has 252 valence electrons. The Hall–Kier alpha value is -5.32. The van der Waals surface area contributed by atoms with Crippen molar-refractivity contribution in [2.45, 2.75) is 46.0 Å². The molecule has 4 aromatic rings. The normalized spacial score (nSPS) is 11.4. The van der Waals surface area contributed by atoms with E-state index in [-0.39, 0.29) is 36.5 Å². The summed E-state index contributed by atoms with van der Waals surface area (Å²) in [4.78, 5) is 49.7. The molecule has 0 fully saturated rings. The molecule has 4 rings (SSSR count). The van der Waals surface area contributed by atoms with Crippen molar-refractivity contribution in [3.05, 3.63) is 129 Å². The van der Waals surface area contributed by atoms with Crippen molar-refractivity contribution in [1.29, 1.82) is 0 Å². The van der Waals surface area contributed by atoms with E-state index in [4.69, 9.17) is 23.2 Å². The van der Waals surface area contributed by atoms with Crippen LogP contribution in [0.4, 0.5) is 11.4 Å². The molecule has 4 aromatic carbocycles. The monoisotopic (exact) mass is 698 g/mol. The first-order chi connectivity index (χ1) is 23.6. The summed E-state index contributed by atoms with van der Waals surface area (Å²) in [5.41, 5.74) is 9.93. The second-order valence-electron chi connectivity index (χ2n) is 11.1. The van der Waals surface area contributed by atoms with E-state index in [1.807, 2.05) is 12.1 Å². The molecule has 0 aliphatic carbocycles. The van der Waals surface area contributed by atoms with E-state index in [0.717, 1.165) is 11.1 Å². The van der Waals surface area contributed by atoms with Gasteiger partial charge in [0, 0.05) is 45.4 Å². The molecular formula is C37H36Cl2N6O4. The lowest BCUT2D eigenvalue weighted by Gasteiger charge is -2.08. The van der Waals surface area contributed by atoms with Crippen molar-refractivity contribution in [2.24, 2.45) is 10.2 Å². The van der Waals surface area contributed by atoms with Gasteiger partial charge in [-0.3, -0.25) is 19.2 Å². The molecule has 0 aromatic heterocycles. The average molecular weight is 700 g/mol. The van der Waals surface area contributed by atoms with E-state index in [0.29, 0.717) is 63.2 Å². The van der Waals surface area contributed by atoms with Crippen LogP contribution in [0.15, 0.2) is 107 Å². The first kappa shape index (κ1) is 36.5. The van der Waals surface area contributed by atoms with Crippen molar-refractivity contribution in [1.82, 2.24) is 10.9 Å². The molecule has 0 heterocycles. The Morgan fingerprint density at radius 3 is 1.31 bits per heavy atom. The molecule has 4 N–H and O–H groups in total. The Balaban J connectivity index is 1.14. The van der Waals surface area contributed by atoms with Gasteiger partial charge < -0.3 is 10.6 Å². The van der Waals surface area contributed by atoms with Crippen molar-refractivity contribution >= 4 is 69.6 Å². The minimum Gasteiger partial charge on any atom is -0.322 e. The molecule has 0 radical (unpaired) electrons. The summed E-state index contributed by atoms with van der Waals surface area (Å²) < 4.78 is 0. The van der Waals surface area contributed by atoms with Gasteiger partial charge in [-0.2, -0.15) is 10.2 Å². The van der Waals surface area contributed by atoms with Gasteiger partial charge in [-0.25, -0.2) is 10.9 Å². The van der Waals surface area contributed by atoms with Crippen LogP contribution in [0.25, 0.3) is 0 Å². The van der Waals surface area contributed by atoms with Crippen LogP contribution in [-0.2, 0) is 9.59 Å². The second kappa shape index (κ2) is 18.3. The van der Waals surface area contributed by atoms with E-state index in [1.165, 1.54) is 0 Å². The van der Waals surface area contributed by atoms with Crippen LogP contribution in [0.2, 0.25) is 10.0 Å². The third-order valence-corrected chi connectivity index (χ3v) is 7.80. The molecular weight excluding hydrogens is 663 g/mol. The lowest BCUT2D eigenvalue weighted by molar-refractivity contribution is -0.121. The number of anilines is 2. The maximum Gasteiger partial charge on any atom is 0.255 e. The van der Waals surface area contributed by atoms with Gasteiger partial charge in [0.05, 0.1) is 11.4 Å². The van der Waals surface area contributed by atoms with Gasteiger partial charge in [0.1, 0.15) is 0 Å². The number of carbonyl (C=O) groups excluding carboxylic acids is 4. The van der Waals surface area contributed by atoms with E-state index in [1.54, 1.807) is 98.8 Å². The molecule has 49 heavy (non-hydrogen) atoms. The number of hydrazone groups is 2. The highest BCUT2D eigenvalue weighted by atomic mass is 35.5. The fourth-order valence-corrected chi connectivity index (χ4v) is 4.79. The van der Waals surface area contributed by atoms with Crippen LogP contribution >= 0.6 is 23.2 Å². The fraction of sp³-hybridized carbons (Fsp3) is 0.189. The first-order valence-corrected chi connectivity index (χ1v) is 16.3. The van der Waals surface area contributed by atoms with Gasteiger partial charge in [-0.05, 0) is 111 Å². The minimum atomic E-state index is -0.266. The predicted octanol–water partition coefficient (Wildman–Crippen LogP) is 7.83. The van der Waals surface area contributed by atoms with Gasteiger partial charge in [0.15, 0.2) is 0 Å². The van der Waals surface area contributed by atoms with Gasteiger partial charge in [0.2, 0.25) is 11.8 Å². The van der Waals surface area contributed by atoms with Crippen LogP contribution in [0.1, 0.15) is 77.8 Å². The van der Waals surface area contributed by atoms with E-state index >= 15 is 0 Å². The van der Waals surface area contributed by atoms with Gasteiger partial charge in [-0.1, -0.05) is 53.9 Å². The number of nitrogens with zero attached hydrogens (tertiary/aromatic N) is 2. The summed E-state index contributed by atoms with van der Waals surface area (Å²) in [5, 5.41) is 15.2. The molecule has 0 atom stereocenters. The lowest BCUT2D eigenvalue weighted by Crippen LogP contribution is -2.20. The number of hydrogen-bond donors (Lipinski definition) is 4. The topological polar surface area (TPSA) is 141 Å². The Morgan fingerprint density at radius 2 is 0.918 bits per heavy atom. The molecule has 10 nitrogen and oxygen atoms in total. The first-order valence-electron chi connectivity index (χ1n) is 15.6. The van der Waals surface area contributed by atoms with Gasteiger partial charge in [0.25, 0.3) is 11.8 Å². The van der Waals surface area contributed by atoms with Gasteiger partial charge in [-0.15, -0.1) is 0 Å². The van der Waals surface area contributed by atoms with Crippen LogP contribution in [-0.4, -0.2) is 35.1 Å². The number of carbonyl (C=O) groups is 4. The summed E-state index contributed by atoms with van der Waals surface area (Å²) in [6, 6.07) is 27.5. The lowest BCUT2D eigenvalue weighted by atomic mass is 10.1. The van der Waals surface area contributed by atoms with Crippen LogP contribution < -0.4 is 21.5 Å². The van der Waals surface area contributed by atoms with Crippen LogP contribution in [0.5, 0.6) is 0 Å². The quantitative estimate of drug-likeness (QED) is 0.0605. The Kier molecular flexibility index (Phi) is 13.6. The molecule has 0 bridgehead atoms. The van der Waals surface area contributed by atoms with Crippen molar-refractivity contribution in [3.63, 3.8) is 0 Å². The fourth-order valence-electron chi connectivity index (χ4n) is 4.53. The number of amides is 4. The molecule has 0 saturated carbocycles. The standard InChI is InChI=1S/C37H36Cl2N6O4/c1-24(28-8-6-10-32(22-28)40-36(48)26-14-18-30(38)19-15-26)42-44-34(46)12-4-3-5-13-35(47)45-43-25(2)29-9-7-11-33(23-29)41-37(49)27-16-20-31(39)21-17-27/h6-11,14-23H,3-5,12-13H2,1-2H3,(H,40,48)(H,41,49)(H,44,46)(H,45,47). The van der Waals surface area contributed by atoms with Gasteiger partial charge >= 0.3 is 0 Å². The molecule has 4 amide bonds. The summed E-state index contributed by atoms with van der Waals surface area (Å²) in [7, 11) is 0. The van der Waals surface area contributed by atoms with Crippen molar-refractivity contribution in [3.8, 4) is 0 Å². The summed E-state index contributed by atoms with van der Waals surface area (Å²) in [6.07, 6.45) is 2.39. The molecule has 0 aliphatic rings. The molecule has 0 spiro atoms. The smallest absolute Gasteiger partial charge is 0.255 e. The number of rotatable bonds is 14. The van der Waals surface area contributed by atoms with Crippen molar-refractivity contribution < 1.29 is 19.2 Å². The summed E-state index contributed by atoms with van der Waals surface area (Å²) >= 11 is 11.8. The predicted molar refractivity (Wildman–Crippen MR) is 195 cm³/mol. The maximum atomic E-state index is 12.5. The number of unbranched alkanes of at least 4 members (excludes halogenated alkanes) is 2. The minimum absolute atomic E-state index is 0.234. The zero-order chi connectivity index (χ0) is 35.2. The maximum absolute atomic E-state index is 12.5. The number of hydrogen-bond acceptors (Lipinski definition) is 6. The molecule has 0 aliphatic heterocycles. The third kappa shape index (κ3) is 12.0. The van der Waals surface area contributed by atoms with E-state index in [2.05, 4.69) is 31.7 Å². The Labute approximate surface area is 295 Å². The third-order valence-electron chi connectivity index (χ3n) is 7.29. The zero-order valence-electron chi connectivity index (χ0n) is 27.1. The van der Waals surface area contributed by atoms with E-state index < -0.39 is 0 Å². The zero-order valence-corrected chi connectivity index (χ0v) is 28.6. The number of halogens is 2. The van der Waals surface area contributed by atoms with Crippen LogP contribution in [0, 0.1) is 0 Å². The summed E-state index contributed by atoms with van der Waals surface area (Å²) in [6.45, 7) is 3.53. The molecule has 0 unspecified atom stereocenters. The number of nitrogens with one attached hydrogen (secondary N) is 4. The van der Waals surface area contributed by atoms with Crippen LogP contribution in [0.3, 0.4) is 0 Å². The SMILES string of the molecule is CC(=NNC(=O)CCCCCC(=O)NN=C(C)c1cccc(NC(=O)c2ccc(Cl)cc2)c1)c1cccc(NC(=O)c2ccc(Cl)cc2)c1.